The molecule has 0 spiro atoms. The molecular weight excluding hydrogens is 1020 g/mol. The lowest BCUT2D eigenvalue weighted by molar-refractivity contribution is -0.167. The summed E-state index contributed by atoms with van der Waals surface area (Å²) in [5.74, 6) is -0.933. The van der Waals surface area contributed by atoms with E-state index in [1.54, 1.807) is 0 Å². The summed E-state index contributed by atoms with van der Waals surface area (Å²) in [6.45, 7) is 6.40. The van der Waals surface area contributed by atoms with Crippen molar-refractivity contribution in [2.75, 3.05) is 13.2 Å². The van der Waals surface area contributed by atoms with Gasteiger partial charge in [0.15, 0.2) is 6.10 Å². The van der Waals surface area contributed by atoms with Gasteiger partial charge in [0, 0.05) is 19.3 Å². The SMILES string of the molecule is CC/C=C\C/C=C\C/C=C\C/C=C\C/C=C\C/C=C\C/C=C\C/C=C\C/C=C\CCCCCC(=O)OCC(COC(=O)CCCCCCCCCCCCCCCCCCC)OC(=O)CCCCCCCCC/C=C\C/C=C\C/C=C\CC. The van der Waals surface area contributed by atoms with Gasteiger partial charge in [0.05, 0.1) is 0 Å². The first-order valence-corrected chi connectivity index (χ1v) is 34.3. The lowest BCUT2D eigenvalue weighted by Gasteiger charge is -2.18. The van der Waals surface area contributed by atoms with Crippen LogP contribution >= 0.6 is 0 Å². The number of rotatable bonds is 61. The number of unbranched alkanes of at least 4 members (excludes halogenated alkanes) is 26. The molecule has 6 nitrogen and oxygen atoms in total. The van der Waals surface area contributed by atoms with Crippen molar-refractivity contribution in [1.82, 2.24) is 0 Å². The monoisotopic (exact) mass is 1150 g/mol. The normalized spacial score (nSPS) is 13.0. The molecule has 0 fully saturated rings. The Morgan fingerprint density at radius 3 is 0.747 bits per heavy atom. The van der Waals surface area contributed by atoms with Crippen LogP contribution in [0, 0.1) is 0 Å². The van der Waals surface area contributed by atoms with Gasteiger partial charge < -0.3 is 14.2 Å². The zero-order valence-electron chi connectivity index (χ0n) is 53.9. The van der Waals surface area contributed by atoms with Crippen LogP contribution in [-0.4, -0.2) is 37.2 Å². The minimum absolute atomic E-state index is 0.0946. The second kappa shape index (κ2) is 69.8. The summed E-state index contributed by atoms with van der Waals surface area (Å²) in [4.78, 5) is 38.4. The Kier molecular flexibility index (Phi) is 65.8. The maximum Gasteiger partial charge on any atom is 0.306 e. The summed E-state index contributed by atoms with van der Waals surface area (Å²) in [5, 5.41) is 0. The minimum atomic E-state index is -0.803. The third kappa shape index (κ3) is 68.0. The number of carbonyl (C=O) groups is 3. The number of carbonyl (C=O) groups excluding carboxylic acids is 3. The van der Waals surface area contributed by atoms with Gasteiger partial charge in [0.2, 0.25) is 0 Å². The second-order valence-electron chi connectivity index (χ2n) is 22.3. The van der Waals surface area contributed by atoms with E-state index in [2.05, 4.69) is 167 Å². The quantitative estimate of drug-likeness (QED) is 0.0261. The van der Waals surface area contributed by atoms with E-state index < -0.39 is 6.10 Å². The third-order valence-electron chi connectivity index (χ3n) is 14.3. The molecule has 0 aliphatic carbocycles. The van der Waals surface area contributed by atoms with Crippen molar-refractivity contribution in [3.8, 4) is 0 Å². The van der Waals surface area contributed by atoms with Gasteiger partial charge in [-0.1, -0.05) is 308 Å². The Morgan fingerprint density at radius 1 is 0.253 bits per heavy atom. The predicted octanol–water partition coefficient (Wildman–Crippen LogP) is 23.9. The van der Waals surface area contributed by atoms with E-state index in [9.17, 15) is 14.4 Å². The molecule has 1 unspecified atom stereocenters. The van der Waals surface area contributed by atoms with Crippen LogP contribution in [0.5, 0.6) is 0 Å². The van der Waals surface area contributed by atoms with Crippen LogP contribution in [0.3, 0.4) is 0 Å². The molecule has 83 heavy (non-hydrogen) atoms. The average molecular weight is 1150 g/mol. The van der Waals surface area contributed by atoms with E-state index in [0.717, 1.165) is 148 Å². The number of allylic oxidation sites excluding steroid dienone is 24. The second-order valence-corrected chi connectivity index (χ2v) is 22.3. The molecule has 0 aromatic carbocycles. The van der Waals surface area contributed by atoms with Crippen LogP contribution < -0.4 is 0 Å². The highest BCUT2D eigenvalue weighted by Gasteiger charge is 2.19. The molecule has 0 aliphatic heterocycles. The maximum atomic E-state index is 12.9. The van der Waals surface area contributed by atoms with Crippen LogP contribution in [-0.2, 0) is 28.6 Å². The van der Waals surface area contributed by atoms with Gasteiger partial charge in [0.25, 0.3) is 0 Å². The summed E-state index contributed by atoms with van der Waals surface area (Å²) in [6.07, 6.45) is 100. The highest BCUT2D eigenvalue weighted by molar-refractivity contribution is 5.71. The van der Waals surface area contributed by atoms with Crippen molar-refractivity contribution in [3.63, 3.8) is 0 Å². The highest BCUT2D eigenvalue weighted by Crippen LogP contribution is 2.16. The fraction of sp³-hybridized carbons (Fsp3) is 0.649. The van der Waals surface area contributed by atoms with Gasteiger partial charge in [-0.05, 0) is 122 Å². The Balaban J connectivity index is 4.42. The molecule has 470 valence electrons. The summed E-state index contributed by atoms with van der Waals surface area (Å²) >= 11 is 0. The molecule has 0 radical (unpaired) electrons. The van der Waals surface area contributed by atoms with E-state index in [4.69, 9.17) is 14.2 Å². The minimum Gasteiger partial charge on any atom is -0.462 e. The molecule has 0 N–H and O–H groups in total. The van der Waals surface area contributed by atoms with Gasteiger partial charge >= 0.3 is 17.9 Å². The molecular formula is C77H126O6. The first-order chi connectivity index (χ1) is 41.0. The van der Waals surface area contributed by atoms with Crippen molar-refractivity contribution >= 4 is 17.9 Å². The van der Waals surface area contributed by atoms with Crippen molar-refractivity contribution in [2.45, 2.75) is 309 Å². The molecule has 0 aliphatic rings. The molecule has 0 aromatic rings. The molecule has 0 saturated carbocycles. The maximum absolute atomic E-state index is 12.9. The smallest absolute Gasteiger partial charge is 0.306 e. The van der Waals surface area contributed by atoms with E-state index in [1.807, 2.05) is 0 Å². The van der Waals surface area contributed by atoms with E-state index in [-0.39, 0.29) is 31.1 Å². The molecule has 0 aromatic heterocycles. The Hall–Kier alpha value is -4.71. The van der Waals surface area contributed by atoms with Gasteiger partial charge in [-0.3, -0.25) is 14.4 Å². The molecule has 0 bridgehead atoms. The predicted molar refractivity (Wildman–Crippen MR) is 362 cm³/mol. The molecule has 1 atom stereocenters. The van der Waals surface area contributed by atoms with E-state index >= 15 is 0 Å². The number of esters is 3. The van der Waals surface area contributed by atoms with Crippen molar-refractivity contribution < 1.29 is 28.6 Å². The van der Waals surface area contributed by atoms with Gasteiger partial charge in [-0.15, -0.1) is 0 Å². The van der Waals surface area contributed by atoms with Crippen molar-refractivity contribution in [2.24, 2.45) is 0 Å². The zero-order valence-corrected chi connectivity index (χ0v) is 53.9. The van der Waals surface area contributed by atoms with Crippen LogP contribution in [0.1, 0.15) is 303 Å². The fourth-order valence-corrected chi connectivity index (χ4v) is 9.27. The van der Waals surface area contributed by atoms with Crippen LogP contribution in [0.4, 0.5) is 0 Å². The lowest BCUT2D eigenvalue weighted by atomic mass is 10.0. The topological polar surface area (TPSA) is 78.9 Å². The van der Waals surface area contributed by atoms with Gasteiger partial charge in [0.1, 0.15) is 13.2 Å². The van der Waals surface area contributed by atoms with Crippen LogP contribution in [0.25, 0.3) is 0 Å². The zero-order chi connectivity index (χ0) is 59.9. The van der Waals surface area contributed by atoms with Crippen LogP contribution in [0.15, 0.2) is 146 Å². The highest BCUT2D eigenvalue weighted by atomic mass is 16.6. The summed E-state index contributed by atoms with van der Waals surface area (Å²) in [7, 11) is 0. The van der Waals surface area contributed by atoms with Gasteiger partial charge in [-0.2, -0.15) is 0 Å². The van der Waals surface area contributed by atoms with Crippen molar-refractivity contribution in [3.05, 3.63) is 146 Å². The Bertz CT molecular complexity index is 1800. The van der Waals surface area contributed by atoms with Gasteiger partial charge in [-0.25, -0.2) is 0 Å². The summed E-state index contributed by atoms with van der Waals surface area (Å²) < 4.78 is 16.9. The third-order valence-corrected chi connectivity index (χ3v) is 14.3. The standard InChI is InChI=1S/C77H126O6/c1-4-7-10-13-16-19-22-25-28-31-32-33-34-35-36-37-38-39-40-41-42-43-44-47-49-52-55-58-61-64-67-70-76(79)82-73-74(83-77(80)71-68-65-62-59-56-53-50-46-30-27-24-21-18-15-12-9-6-3)72-81-75(78)69-66-63-60-57-54-51-48-45-29-26-23-20-17-14-11-8-5-2/h7,9-10,12,16,18-19,21,25,27-28,30,32-33,35-36,38-39,41-42,44,47,52,55,74H,4-6,8,11,13-15,17,20,22-24,26,29,31,34,37,40,43,45-46,48-51,53-54,56-73H2,1-3H3/b10-7-,12-9-,19-16-,21-18-,28-25-,30-27-,33-32-,36-35-,39-38-,42-41-,47-44-,55-52-. The summed E-state index contributed by atoms with van der Waals surface area (Å²) in [5.41, 5.74) is 0. The molecule has 0 saturated heterocycles. The number of hydrogen-bond acceptors (Lipinski definition) is 6. The first-order valence-electron chi connectivity index (χ1n) is 34.3. The Morgan fingerprint density at radius 2 is 0.470 bits per heavy atom. The molecule has 6 heteroatoms. The van der Waals surface area contributed by atoms with Crippen LogP contribution in [0.2, 0.25) is 0 Å². The fourth-order valence-electron chi connectivity index (χ4n) is 9.27. The average Bonchev–Trinajstić information content (AvgIpc) is 3.49. The lowest BCUT2D eigenvalue weighted by Crippen LogP contribution is -2.30. The molecule has 0 heterocycles. The van der Waals surface area contributed by atoms with E-state index in [0.29, 0.717) is 19.3 Å². The van der Waals surface area contributed by atoms with E-state index in [1.165, 1.54) is 116 Å². The first kappa shape index (κ1) is 78.3. The van der Waals surface area contributed by atoms with Crippen molar-refractivity contribution in [1.29, 1.82) is 0 Å². The Labute approximate surface area is 512 Å². The largest absolute Gasteiger partial charge is 0.462 e. The summed E-state index contributed by atoms with van der Waals surface area (Å²) in [6, 6.07) is 0. The molecule has 0 amide bonds. The number of hydrogen-bond donors (Lipinski definition) is 0. The number of ether oxygens (including phenoxy) is 3. The molecule has 0 rings (SSSR count).